The van der Waals surface area contributed by atoms with Crippen molar-refractivity contribution in [1.82, 2.24) is 15.0 Å². The molecule has 0 aliphatic rings. The van der Waals surface area contributed by atoms with Gasteiger partial charge in [0.15, 0.2) is 11.4 Å². The van der Waals surface area contributed by atoms with E-state index in [1.807, 2.05) is 6.07 Å². The van der Waals surface area contributed by atoms with Gasteiger partial charge in [-0.3, -0.25) is 9.78 Å². The predicted octanol–water partition coefficient (Wildman–Crippen LogP) is 0.783. The number of methoxy groups -OCH3 is 1. The quantitative estimate of drug-likeness (QED) is 0.757. The van der Waals surface area contributed by atoms with Crippen LogP contribution in [0.15, 0.2) is 24.5 Å². The van der Waals surface area contributed by atoms with Gasteiger partial charge in [0.2, 0.25) is 0 Å². The highest BCUT2D eigenvalue weighted by Gasteiger charge is 2.05. The van der Waals surface area contributed by atoms with Gasteiger partial charge in [-0.1, -0.05) is 0 Å². The van der Waals surface area contributed by atoms with E-state index in [0.717, 1.165) is 5.52 Å². The fraction of sp³-hybridized carbons (Fsp3) is 0.273. The summed E-state index contributed by atoms with van der Waals surface area (Å²) >= 11 is 0. The van der Waals surface area contributed by atoms with Crippen LogP contribution in [-0.4, -0.2) is 34.5 Å². The summed E-state index contributed by atoms with van der Waals surface area (Å²) in [6.45, 7) is 0.111. The summed E-state index contributed by atoms with van der Waals surface area (Å²) in [4.78, 5) is 23.8. The van der Waals surface area contributed by atoms with Crippen molar-refractivity contribution < 1.29 is 9.53 Å². The molecule has 0 aliphatic carbocycles. The van der Waals surface area contributed by atoms with Gasteiger partial charge in [0.05, 0.1) is 12.1 Å². The third kappa shape index (κ3) is 2.38. The van der Waals surface area contributed by atoms with Crippen molar-refractivity contribution in [3.63, 3.8) is 0 Å². The van der Waals surface area contributed by atoms with E-state index in [2.05, 4.69) is 15.0 Å². The molecule has 0 saturated carbocycles. The second-order valence-corrected chi connectivity index (χ2v) is 3.35. The van der Waals surface area contributed by atoms with Crippen LogP contribution in [0.2, 0.25) is 0 Å². The van der Waals surface area contributed by atoms with Crippen LogP contribution >= 0.6 is 0 Å². The van der Waals surface area contributed by atoms with Crippen molar-refractivity contribution in [2.75, 3.05) is 13.7 Å². The monoisotopic (exact) mass is 217 g/mol. The van der Waals surface area contributed by atoms with Crippen LogP contribution in [-0.2, 0) is 16.0 Å². The number of carbonyl (C=O) groups is 1. The second-order valence-electron chi connectivity index (χ2n) is 3.35. The number of nitrogens with zero attached hydrogens (tertiary/aromatic N) is 3. The molecular formula is C11H11N3O2. The molecule has 0 spiro atoms. The third-order valence-electron chi connectivity index (χ3n) is 2.07. The summed E-state index contributed by atoms with van der Waals surface area (Å²) in [5.41, 5.74) is 1.98. The molecule has 0 amide bonds. The van der Waals surface area contributed by atoms with Crippen molar-refractivity contribution in [2.24, 2.45) is 0 Å². The van der Waals surface area contributed by atoms with Gasteiger partial charge < -0.3 is 4.74 Å². The van der Waals surface area contributed by atoms with Crippen LogP contribution in [0.1, 0.15) is 5.69 Å². The van der Waals surface area contributed by atoms with Crippen LogP contribution in [0, 0.1) is 0 Å². The number of hydrogen-bond donors (Lipinski definition) is 0. The average molecular weight is 217 g/mol. The zero-order valence-electron chi connectivity index (χ0n) is 8.88. The Bertz CT molecular complexity index is 513. The number of ketones is 1. The normalized spacial score (nSPS) is 10.6. The van der Waals surface area contributed by atoms with Gasteiger partial charge in [0.1, 0.15) is 12.1 Å². The highest BCUT2D eigenvalue weighted by molar-refractivity contribution is 5.82. The van der Waals surface area contributed by atoms with Gasteiger partial charge >= 0.3 is 0 Å². The summed E-state index contributed by atoms with van der Waals surface area (Å²) in [5.74, 6) is -0.00163. The number of ether oxygens (including phenoxy) is 1. The lowest BCUT2D eigenvalue weighted by atomic mass is 10.2. The fourth-order valence-electron chi connectivity index (χ4n) is 1.41. The molecule has 0 N–H and O–H groups in total. The van der Waals surface area contributed by atoms with Crippen LogP contribution in [0.5, 0.6) is 0 Å². The van der Waals surface area contributed by atoms with E-state index in [-0.39, 0.29) is 18.8 Å². The summed E-state index contributed by atoms with van der Waals surface area (Å²) in [5, 5.41) is 0. The number of pyridine rings is 1. The lowest BCUT2D eigenvalue weighted by molar-refractivity contribution is -0.122. The predicted molar refractivity (Wildman–Crippen MR) is 57.9 cm³/mol. The van der Waals surface area contributed by atoms with Crippen LogP contribution < -0.4 is 0 Å². The molecule has 16 heavy (non-hydrogen) atoms. The summed E-state index contributed by atoms with van der Waals surface area (Å²) in [6.07, 6.45) is 3.45. The Balaban J connectivity index is 2.22. The minimum Gasteiger partial charge on any atom is -0.377 e. The maximum atomic E-state index is 11.3. The summed E-state index contributed by atoms with van der Waals surface area (Å²) < 4.78 is 4.76. The molecule has 2 rings (SSSR count). The number of carbonyl (C=O) groups excluding carboxylic acids is 1. The number of Topliss-reactive ketones (excluding diaryl/α,β-unsaturated/α-hetero) is 1. The molecular weight excluding hydrogens is 206 g/mol. The molecule has 0 radical (unpaired) electrons. The lowest BCUT2D eigenvalue weighted by Crippen LogP contribution is -2.10. The van der Waals surface area contributed by atoms with Crippen molar-refractivity contribution in [3.05, 3.63) is 30.2 Å². The molecule has 0 aliphatic heterocycles. The first kappa shape index (κ1) is 10.6. The number of aromatic nitrogens is 3. The Morgan fingerprint density at radius 1 is 1.31 bits per heavy atom. The molecule has 82 valence electrons. The van der Waals surface area contributed by atoms with Crippen LogP contribution in [0.25, 0.3) is 11.2 Å². The van der Waals surface area contributed by atoms with Gasteiger partial charge in [-0.25, -0.2) is 9.97 Å². The second kappa shape index (κ2) is 4.76. The van der Waals surface area contributed by atoms with Gasteiger partial charge in [0, 0.05) is 19.5 Å². The lowest BCUT2D eigenvalue weighted by Gasteiger charge is -2.00. The Morgan fingerprint density at radius 3 is 2.94 bits per heavy atom. The zero-order valence-corrected chi connectivity index (χ0v) is 8.88. The van der Waals surface area contributed by atoms with E-state index in [1.54, 1.807) is 18.5 Å². The number of rotatable bonds is 4. The molecule has 0 fully saturated rings. The minimum absolute atomic E-state index is 0.00163. The first-order valence-electron chi connectivity index (χ1n) is 4.87. The van der Waals surface area contributed by atoms with E-state index in [9.17, 15) is 4.79 Å². The van der Waals surface area contributed by atoms with E-state index < -0.39 is 0 Å². The highest BCUT2D eigenvalue weighted by atomic mass is 16.5. The van der Waals surface area contributed by atoms with Crippen molar-refractivity contribution in [2.45, 2.75) is 6.42 Å². The Morgan fingerprint density at radius 2 is 2.12 bits per heavy atom. The third-order valence-corrected chi connectivity index (χ3v) is 2.07. The van der Waals surface area contributed by atoms with Crippen molar-refractivity contribution >= 4 is 16.9 Å². The molecule has 0 aromatic carbocycles. The van der Waals surface area contributed by atoms with Crippen LogP contribution in [0.3, 0.4) is 0 Å². The molecule has 0 saturated heterocycles. The van der Waals surface area contributed by atoms with E-state index >= 15 is 0 Å². The van der Waals surface area contributed by atoms with Crippen molar-refractivity contribution in [1.29, 1.82) is 0 Å². The molecule has 0 unspecified atom stereocenters. The molecule has 5 nitrogen and oxygen atoms in total. The summed E-state index contributed by atoms with van der Waals surface area (Å²) in [6, 6.07) is 3.59. The summed E-state index contributed by atoms with van der Waals surface area (Å²) in [7, 11) is 1.50. The smallest absolute Gasteiger partial charge is 0.178 e. The largest absolute Gasteiger partial charge is 0.377 e. The molecule has 2 heterocycles. The zero-order chi connectivity index (χ0) is 11.4. The minimum atomic E-state index is -0.00163. The van der Waals surface area contributed by atoms with Crippen molar-refractivity contribution in [3.8, 4) is 0 Å². The topological polar surface area (TPSA) is 65.0 Å². The molecule has 2 aromatic rings. The van der Waals surface area contributed by atoms with Gasteiger partial charge in [-0.2, -0.15) is 0 Å². The maximum absolute atomic E-state index is 11.3. The fourth-order valence-corrected chi connectivity index (χ4v) is 1.41. The first-order valence-corrected chi connectivity index (χ1v) is 4.87. The standard InChI is InChI=1S/C11H11N3O2/c1-16-7-9(15)6-8-2-3-10-11(14-8)13-5-4-12-10/h2-5H,6-7H2,1H3. The Labute approximate surface area is 92.5 Å². The molecule has 0 bridgehead atoms. The Hall–Kier alpha value is -1.88. The van der Waals surface area contributed by atoms with E-state index in [0.29, 0.717) is 11.3 Å². The average Bonchev–Trinajstić information content (AvgIpc) is 2.29. The number of hydrogen-bond acceptors (Lipinski definition) is 5. The van der Waals surface area contributed by atoms with Crippen LogP contribution in [0.4, 0.5) is 0 Å². The van der Waals surface area contributed by atoms with Gasteiger partial charge in [0.25, 0.3) is 0 Å². The molecule has 0 atom stereocenters. The molecule has 5 heteroatoms. The van der Waals surface area contributed by atoms with Gasteiger partial charge in [-0.15, -0.1) is 0 Å². The van der Waals surface area contributed by atoms with Gasteiger partial charge in [-0.05, 0) is 12.1 Å². The SMILES string of the molecule is COCC(=O)Cc1ccc2nccnc2n1. The Kier molecular flexibility index (Phi) is 3.16. The first-order chi connectivity index (χ1) is 7.79. The number of fused-ring (bicyclic) bond motifs is 1. The maximum Gasteiger partial charge on any atom is 0.178 e. The molecule has 2 aromatic heterocycles. The van der Waals surface area contributed by atoms with E-state index in [4.69, 9.17) is 4.74 Å². The van der Waals surface area contributed by atoms with E-state index in [1.165, 1.54) is 7.11 Å². The highest BCUT2D eigenvalue weighted by Crippen LogP contribution is 2.06.